The third kappa shape index (κ3) is 4.84. The van der Waals surface area contributed by atoms with Gasteiger partial charge >= 0.3 is 0 Å². The van der Waals surface area contributed by atoms with Crippen LogP contribution < -0.4 is 16.4 Å². The zero-order chi connectivity index (χ0) is 15.2. The van der Waals surface area contributed by atoms with Crippen LogP contribution in [0, 0.1) is 0 Å². The summed E-state index contributed by atoms with van der Waals surface area (Å²) in [7, 11) is 1.53. The molecule has 1 saturated carbocycles. The third-order valence-corrected chi connectivity index (χ3v) is 3.35. The Morgan fingerprint density at radius 2 is 2.00 bits per heavy atom. The molecule has 1 fully saturated rings. The van der Waals surface area contributed by atoms with Crippen LogP contribution in [0.25, 0.3) is 0 Å². The molecule has 2 amide bonds. The summed E-state index contributed by atoms with van der Waals surface area (Å²) >= 11 is 0. The lowest BCUT2D eigenvalue weighted by Gasteiger charge is -2.12. The van der Waals surface area contributed by atoms with Crippen LogP contribution in [0.1, 0.15) is 29.6 Å². The number of nitrogens with one attached hydrogen (secondary N) is 2. The summed E-state index contributed by atoms with van der Waals surface area (Å²) in [6.45, 7) is 0.296. The number of ether oxygens (including phenoxy) is 1. The SMILES string of the molecule is COC(CN)CC(=O)Nc1ccc(C(=O)NC2CC2)cc1. The summed E-state index contributed by atoms with van der Waals surface area (Å²) in [6.07, 6.45) is 2.04. The van der Waals surface area contributed by atoms with Gasteiger partial charge in [-0.05, 0) is 37.1 Å². The van der Waals surface area contributed by atoms with Crippen molar-refractivity contribution in [3.05, 3.63) is 29.8 Å². The lowest BCUT2D eigenvalue weighted by Crippen LogP contribution is -2.28. The number of benzene rings is 1. The minimum Gasteiger partial charge on any atom is -0.380 e. The van der Waals surface area contributed by atoms with E-state index < -0.39 is 0 Å². The number of carbonyl (C=O) groups excluding carboxylic acids is 2. The molecule has 2 rings (SSSR count). The fourth-order valence-electron chi connectivity index (χ4n) is 1.88. The first kappa shape index (κ1) is 15.5. The molecule has 0 saturated heterocycles. The molecule has 4 N–H and O–H groups in total. The number of hydrogen-bond donors (Lipinski definition) is 3. The minimum absolute atomic E-state index is 0.0713. The van der Waals surface area contributed by atoms with Crippen molar-refractivity contribution in [2.24, 2.45) is 5.73 Å². The quantitative estimate of drug-likeness (QED) is 0.695. The Morgan fingerprint density at radius 1 is 1.33 bits per heavy atom. The Labute approximate surface area is 124 Å². The average Bonchev–Trinajstić information content (AvgIpc) is 3.29. The Bertz CT molecular complexity index is 493. The van der Waals surface area contributed by atoms with Crippen molar-refractivity contribution in [1.82, 2.24) is 5.32 Å². The Balaban J connectivity index is 1.86. The number of nitrogens with two attached hydrogens (primary N) is 1. The predicted molar refractivity (Wildman–Crippen MR) is 80.0 cm³/mol. The molecule has 1 aromatic carbocycles. The molecule has 1 aromatic rings. The van der Waals surface area contributed by atoms with Crippen molar-refractivity contribution >= 4 is 17.5 Å². The Hall–Kier alpha value is -1.92. The first-order valence-corrected chi connectivity index (χ1v) is 7.06. The molecular formula is C15H21N3O3. The van der Waals surface area contributed by atoms with Gasteiger partial charge in [-0.1, -0.05) is 0 Å². The van der Waals surface area contributed by atoms with Crippen LogP contribution in [-0.2, 0) is 9.53 Å². The smallest absolute Gasteiger partial charge is 0.251 e. The van der Waals surface area contributed by atoms with E-state index in [2.05, 4.69) is 10.6 Å². The van der Waals surface area contributed by atoms with Crippen LogP contribution >= 0.6 is 0 Å². The molecule has 0 aromatic heterocycles. The van der Waals surface area contributed by atoms with Crippen LogP contribution in [0.15, 0.2) is 24.3 Å². The number of rotatable bonds is 7. The largest absolute Gasteiger partial charge is 0.380 e. The highest BCUT2D eigenvalue weighted by Crippen LogP contribution is 2.19. The maximum Gasteiger partial charge on any atom is 0.251 e. The topological polar surface area (TPSA) is 93.4 Å². The summed E-state index contributed by atoms with van der Waals surface area (Å²) < 4.78 is 5.06. The predicted octanol–water partition coefficient (Wildman–Crippen LogP) is 0.881. The Kier molecular flexibility index (Phi) is 5.30. The second-order valence-corrected chi connectivity index (χ2v) is 5.17. The van der Waals surface area contributed by atoms with Crippen LogP contribution in [0.2, 0.25) is 0 Å². The van der Waals surface area contributed by atoms with Gasteiger partial charge in [0.05, 0.1) is 12.5 Å². The van der Waals surface area contributed by atoms with Gasteiger partial charge in [-0.3, -0.25) is 9.59 Å². The van der Waals surface area contributed by atoms with Crippen LogP contribution in [0.4, 0.5) is 5.69 Å². The molecule has 0 aliphatic heterocycles. The maximum absolute atomic E-state index is 11.8. The maximum atomic E-state index is 11.8. The van der Waals surface area contributed by atoms with Gasteiger partial charge in [-0.15, -0.1) is 0 Å². The molecule has 0 bridgehead atoms. The zero-order valence-electron chi connectivity index (χ0n) is 12.1. The van der Waals surface area contributed by atoms with Crippen molar-refractivity contribution < 1.29 is 14.3 Å². The summed E-state index contributed by atoms with van der Waals surface area (Å²) in [6, 6.07) is 7.15. The monoisotopic (exact) mass is 291 g/mol. The number of methoxy groups -OCH3 is 1. The first-order chi connectivity index (χ1) is 10.1. The molecule has 1 unspecified atom stereocenters. The van der Waals surface area contributed by atoms with E-state index in [-0.39, 0.29) is 24.3 Å². The number of amides is 2. The van der Waals surface area contributed by atoms with Gasteiger partial charge in [0.25, 0.3) is 5.91 Å². The lowest BCUT2D eigenvalue weighted by atomic mass is 10.2. The molecule has 114 valence electrons. The molecule has 1 aliphatic carbocycles. The van der Waals surface area contributed by atoms with Gasteiger partial charge in [0.2, 0.25) is 5.91 Å². The van der Waals surface area contributed by atoms with Crippen LogP contribution in [0.3, 0.4) is 0 Å². The molecule has 0 spiro atoms. The summed E-state index contributed by atoms with van der Waals surface area (Å²) in [5, 5.41) is 5.67. The van der Waals surface area contributed by atoms with Crippen molar-refractivity contribution in [2.75, 3.05) is 19.0 Å². The highest BCUT2D eigenvalue weighted by Gasteiger charge is 2.23. The zero-order valence-corrected chi connectivity index (χ0v) is 12.1. The highest BCUT2D eigenvalue weighted by molar-refractivity contribution is 5.96. The first-order valence-electron chi connectivity index (χ1n) is 7.06. The average molecular weight is 291 g/mol. The molecular weight excluding hydrogens is 270 g/mol. The fourth-order valence-corrected chi connectivity index (χ4v) is 1.88. The van der Waals surface area contributed by atoms with E-state index in [1.54, 1.807) is 24.3 Å². The van der Waals surface area contributed by atoms with Crippen LogP contribution in [0.5, 0.6) is 0 Å². The lowest BCUT2D eigenvalue weighted by molar-refractivity contribution is -0.118. The molecule has 1 atom stereocenters. The molecule has 1 aliphatic rings. The normalized spacial score (nSPS) is 15.3. The standard InChI is InChI=1S/C15H21N3O3/c1-21-13(9-16)8-14(19)17-11-4-2-10(3-5-11)15(20)18-12-6-7-12/h2-5,12-13H,6-9,16H2,1H3,(H,17,19)(H,18,20). The number of anilines is 1. The molecule has 6 heteroatoms. The van der Waals surface area contributed by atoms with Gasteiger partial charge in [0.1, 0.15) is 0 Å². The van der Waals surface area contributed by atoms with Crippen molar-refractivity contribution in [3.8, 4) is 0 Å². The van der Waals surface area contributed by atoms with E-state index in [0.717, 1.165) is 12.8 Å². The van der Waals surface area contributed by atoms with Crippen LogP contribution in [-0.4, -0.2) is 37.6 Å². The van der Waals surface area contributed by atoms with Gasteiger partial charge in [0, 0.05) is 30.9 Å². The van der Waals surface area contributed by atoms with E-state index in [4.69, 9.17) is 10.5 Å². The van der Waals surface area contributed by atoms with Gasteiger partial charge in [-0.2, -0.15) is 0 Å². The summed E-state index contributed by atoms with van der Waals surface area (Å²) in [4.78, 5) is 23.6. The number of carbonyl (C=O) groups is 2. The molecule has 6 nitrogen and oxygen atoms in total. The second-order valence-electron chi connectivity index (χ2n) is 5.17. The van der Waals surface area contributed by atoms with Gasteiger partial charge in [0.15, 0.2) is 0 Å². The van der Waals surface area contributed by atoms with Crippen molar-refractivity contribution in [2.45, 2.75) is 31.4 Å². The molecule has 0 radical (unpaired) electrons. The van der Waals surface area contributed by atoms with E-state index in [9.17, 15) is 9.59 Å². The van der Waals surface area contributed by atoms with E-state index in [1.165, 1.54) is 7.11 Å². The highest BCUT2D eigenvalue weighted by atomic mass is 16.5. The molecule has 0 heterocycles. The summed E-state index contributed by atoms with van der Waals surface area (Å²) in [5.74, 6) is -0.236. The van der Waals surface area contributed by atoms with E-state index in [0.29, 0.717) is 23.8 Å². The summed E-state index contributed by atoms with van der Waals surface area (Å²) in [5.41, 5.74) is 6.72. The Morgan fingerprint density at radius 3 is 2.52 bits per heavy atom. The second kappa shape index (κ2) is 7.19. The van der Waals surface area contributed by atoms with Crippen molar-refractivity contribution in [3.63, 3.8) is 0 Å². The van der Waals surface area contributed by atoms with E-state index in [1.807, 2.05) is 0 Å². The fraction of sp³-hybridized carbons (Fsp3) is 0.467. The van der Waals surface area contributed by atoms with E-state index >= 15 is 0 Å². The number of hydrogen-bond acceptors (Lipinski definition) is 4. The van der Waals surface area contributed by atoms with Gasteiger partial charge < -0.3 is 21.1 Å². The van der Waals surface area contributed by atoms with Crippen molar-refractivity contribution in [1.29, 1.82) is 0 Å². The van der Waals surface area contributed by atoms with Gasteiger partial charge in [-0.25, -0.2) is 0 Å². The third-order valence-electron chi connectivity index (χ3n) is 3.35. The molecule has 21 heavy (non-hydrogen) atoms. The minimum atomic E-state index is -0.284.